The standard InChI is InChI=1S/C22H18N4S/c1-3-8-18(9-4-1)15-24-22-26(25-16-19-10-7-13-23-14-19)21(17-27-22)20-11-5-2-6-12-20/h1-14,16-17H,15H2/b24-22?,25-16-. The summed E-state index contributed by atoms with van der Waals surface area (Å²) in [5.74, 6) is 0. The molecule has 0 spiro atoms. The van der Waals surface area contributed by atoms with E-state index in [1.54, 1.807) is 23.7 Å². The van der Waals surface area contributed by atoms with Crippen molar-refractivity contribution in [3.05, 3.63) is 106 Å². The van der Waals surface area contributed by atoms with E-state index >= 15 is 0 Å². The maximum absolute atomic E-state index is 4.79. The molecular weight excluding hydrogens is 352 g/mol. The highest BCUT2D eigenvalue weighted by atomic mass is 32.1. The van der Waals surface area contributed by atoms with Gasteiger partial charge in [-0.15, -0.1) is 11.3 Å². The Balaban J connectivity index is 1.75. The van der Waals surface area contributed by atoms with Gasteiger partial charge in [-0.3, -0.25) is 9.98 Å². The van der Waals surface area contributed by atoms with Crippen LogP contribution >= 0.6 is 11.3 Å². The first-order valence-corrected chi connectivity index (χ1v) is 9.53. The predicted molar refractivity (Wildman–Crippen MR) is 111 cm³/mol. The van der Waals surface area contributed by atoms with Crippen LogP contribution in [0.2, 0.25) is 0 Å². The fraction of sp³-hybridized carbons (Fsp3) is 0.0455. The van der Waals surface area contributed by atoms with Gasteiger partial charge in [-0.1, -0.05) is 66.7 Å². The van der Waals surface area contributed by atoms with Crippen LogP contribution < -0.4 is 4.80 Å². The predicted octanol–water partition coefficient (Wildman–Crippen LogP) is 4.59. The molecule has 0 unspecified atom stereocenters. The Hall–Kier alpha value is -3.31. The van der Waals surface area contributed by atoms with E-state index in [1.807, 2.05) is 59.4 Å². The first-order chi connectivity index (χ1) is 13.4. The summed E-state index contributed by atoms with van der Waals surface area (Å²) in [6, 6.07) is 24.4. The number of rotatable bonds is 5. The summed E-state index contributed by atoms with van der Waals surface area (Å²) < 4.78 is 1.90. The molecule has 0 N–H and O–H groups in total. The molecule has 0 aliphatic heterocycles. The largest absolute Gasteiger partial charge is 0.264 e. The monoisotopic (exact) mass is 370 g/mol. The van der Waals surface area contributed by atoms with Crippen molar-refractivity contribution in [3.63, 3.8) is 0 Å². The van der Waals surface area contributed by atoms with E-state index in [0.717, 1.165) is 21.6 Å². The highest BCUT2D eigenvalue weighted by Crippen LogP contribution is 2.19. The van der Waals surface area contributed by atoms with Gasteiger partial charge >= 0.3 is 0 Å². The van der Waals surface area contributed by atoms with Crippen molar-refractivity contribution in [2.45, 2.75) is 6.54 Å². The summed E-state index contributed by atoms with van der Waals surface area (Å²) in [5, 5.41) is 6.79. The normalized spacial score (nSPS) is 11.9. The van der Waals surface area contributed by atoms with Gasteiger partial charge in [0, 0.05) is 28.9 Å². The SMILES string of the molecule is C(=N/n1c(-c2ccccc2)csc1=NCc1ccccc1)/c1cccnc1. The van der Waals surface area contributed by atoms with E-state index in [0.29, 0.717) is 6.54 Å². The maximum Gasteiger partial charge on any atom is 0.206 e. The molecule has 5 heteroatoms. The quantitative estimate of drug-likeness (QED) is 0.474. The van der Waals surface area contributed by atoms with Crippen LogP contribution in [0.1, 0.15) is 11.1 Å². The third-order valence-corrected chi connectivity index (χ3v) is 4.86. The fourth-order valence-electron chi connectivity index (χ4n) is 2.65. The molecule has 4 aromatic rings. The summed E-state index contributed by atoms with van der Waals surface area (Å²) in [7, 11) is 0. The van der Waals surface area contributed by atoms with E-state index in [9.17, 15) is 0 Å². The average Bonchev–Trinajstić information content (AvgIpc) is 3.15. The first-order valence-electron chi connectivity index (χ1n) is 8.65. The van der Waals surface area contributed by atoms with Gasteiger partial charge in [-0.2, -0.15) is 5.10 Å². The van der Waals surface area contributed by atoms with Gasteiger partial charge in [0.25, 0.3) is 0 Å². The number of nitrogens with zero attached hydrogens (tertiary/aromatic N) is 4. The second kappa shape index (κ2) is 8.38. The number of hydrogen-bond donors (Lipinski definition) is 0. The molecule has 0 saturated heterocycles. The van der Waals surface area contributed by atoms with Gasteiger partial charge in [0.2, 0.25) is 4.80 Å². The zero-order valence-corrected chi connectivity index (χ0v) is 15.5. The van der Waals surface area contributed by atoms with Gasteiger partial charge in [-0.25, -0.2) is 4.68 Å². The Bertz CT molecular complexity index is 1080. The summed E-state index contributed by atoms with van der Waals surface area (Å²) in [6.07, 6.45) is 5.36. The van der Waals surface area contributed by atoms with Gasteiger partial charge < -0.3 is 0 Å². The molecule has 0 aliphatic carbocycles. The maximum atomic E-state index is 4.79. The van der Waals surface area contributed by atoms with Crippen LogP contribution in [0.3, 0.4) is 0 Å². The van der Waals surface area contributed by atoms with E-state index in [4.69, 9.17) is 10.1 Å². The minimum atomic E-state index is 0.623. The van der Waals surface area contributed by atoms with Crippen LogP contribution in [-0.4, -0.2) is 15.9 Å². The van der Waals surface area contributed by atoms with Crippen LogP contribution in [0.15, 0.2) is 101 Å². The Morgan fingerprint density at radius 3 is 2.44 bits per heavy atom. The Morgan fingerprint density at radius 1 is 0.926 bits per heavy atom. The molecule has 0 bridgehead atoms. The van der Waals surface area contributed by atoms with E-state index < -0.39 is 0 Å². The third-order valence-electron chi connectivity index (χ3n) is 4.00. The lowest BCUT2D eigenvalue weighted by Crippen LogP contribution is -2.12. The number of pyridine rings is 1. The van der Waals surface area contributed by atoms with Crippen LogP contribution in [0.5, 0.6) is 0 Å². The lowest BCUT2D eigenvalue weighted by molar-refractivity contribution is 0.824. The number of thiazole rings is 1. The zero-order chi connectivity index (χ0) is 18.3. The minimum absolute atomic E-state index is 0.623. The Morgan fingerprint density at radius 2 is 1.70 bits per heavy atom. The molecule has 2 aromatic carbocycles. The topological polar surface area (TPSA) is 42.5 Å². The van der Waals surface area contributed by atoms with Crippen molar-refractivity contribution < 1.29 is 0 Å². The molecule has 0 radical (unpaired) electrons. The Kier molecular flexibility index (Phi) is 5.31. The number of benzene rings is 2. The first kappa shape index (κ1) is 17.1. The number of aromatic nitrogens is 2. The summed E-state index contributed by atoms with van der Waals surface area (Å²) >= 11 is 1.59. The molecule has 27 heavy (non-hydrogen) atoms. The van der Waals surface area contributed by atoms with Crippen molar-refractivity contribution >= 4 is 17.6 Å². The molecule has 0 aliphatic rings. The second-order valence-electron chi connectivity index (χ2n) is 5.91. The van der Waals surface area contributed by atoms with Crippen LogP contribution in [0.4, 0.5) is 0 Å². The fourth-order valence-corrected chi connectivity index (χ4v) is 3.48. The number of hydrogen-bond acceptors (Lipinski definition) is 4. The molecule has 4 nitrogen and oxygen atoms in total. The van der Waals surface area contributed by atoms with Crippen molar-refractivity contribution in [1.82, 2.24) is 9.66 Å². The smallest absolute Gasteiger partial charge is 0.206 e. The van der Waals surface area contributed by atoms with Gasteiger partial charge in [0.15, 0.2) is 0 Å². The van der Waals surface area contributed by atoms with Crippen molar-refractivity contribution in [3.8, 4) is 11.3 Å². The lowest BCUT2D eigenvalue weighted by Gasteiger charge is -2.03. The van der Waals surface area contributed by atoms with Crippen LogP contribution in [0.25, 0.3) is 11.3 Å². The molecule has 132 valence electrons. The van der Waals surface area contributed by atoms with Crippen molar-refractivity contribution in [1.29, 1.82) is 0 Å². The highest BCUT2D eigenvalue weighted by Gasteiger charge is 2.07. The zero-order valence-electron chi connectivity index (χ0n) is 14.6. The molecule has 2 heterocycles. The summed E-state index contributed by atoms with van der Waals surface area (Å²) in [4.78, 5) is 9.79. The van der Waals surface area contributed by atoms with E-state index in [1.165, 1.54) is 5.56 Å². The van der Waals surface area contributed by atoms with Crippen molar-refractivity contribution in [2.24, 2.45) is 10.1 Å². The third kappa shape index (κ3) is 4.27. The Labute approximate surface area is 161 Å². The molecule has 4 rings (SSSR count). The highest BCUT2D eigenvalue weighted by molar-refractivity contribution is 7.07. The molecular formula is C22H18N4S. The van der Waals surface area contributed by atoms with Gasteiger partial charge in [-0.05, 0) is 11.6 Å². The molecule has 0 amide bonds. The van der Waals surface area contributed by atoms with Crippen molar-refractivity contribution in [2.75, 3.05) is 0 Å². The summed E-state index contributed by atoms with van der Waals surface area (Å²) in [5.41, 5.74) is 4.25. The van der Waals surface area contributed by atoms with E-state index in [2.05, 4.69) is 34.6 Å². The van der Waals surface area contributed by atoms with E-state index in [-0.39, 0.29) is 0 Å². The van der Waals surface area contributed by atoms with Gasteiger partial charge in [0.05, 0.1) is 18.5 Å². The summed E-state index contributed by atoms with van der Waals surface area (Å²) in [6.45, 7) is 0.623. The molecule has 0 fully saturated rings. The molecule has 2 aromatic heterocycles. The average molecular weight is 370 g/mol. The second-order valence-corrected chi connectivity index (χ2v) is 6.75. The van der Waals surface area contributed by atoms with Gasteiger partial charge in [0.1, 0.15) is 0 Å². The lowest BCUT2D eigenvalue weighted by atomic mass is 10.2. The molecule has 0 saturated carbocycles. The van der Waals surface area contributed by atoms with Crippen LogP contribution in [-0.2, 0) is 6.54 Å². The van der Waals surface area contributed by atoms with Crippen LogP contribution in [0, 0.1) is 0 Å². The minimum Gasteiger partial charge on any atom is -0.264 e. The molecule has 0 atom stereocenters.